The van der Waals surface area contributed by atoms with Crippen molar-refractivity contribution in [2.75, 3.05) is 11.1 Å². The number of benzene rings is 1. The van der Waals surface area contributed by atoms with Crippen LogP contribution >= 0.6 is 23.1 Å². The van der Waals surface area contributed by atoms with E-state index >= 15 is 0 Å². The van der Waals surface area contributed by atoms with Gasteiger partial charge in [0.1, 0.15) is 11.6 Å². The van der Waals surface area contributed by atoms with E-state index in [4.69, 9.17) is 4.42 Å². The van der Waals surface area contributed by atoms with Gasteiger partial charge >= 0.3 is 0 Å². The maximum atomic E-state index is 12.9. The van der Waals surface area contributed by atoms with E-state index in [2.05, 4.69) is 15.5 Å². The van der Waals surface area contributed by atoms with E-state index in [1.54, 1.807) is 36.0 Å². The lowest BCUT2D eigenvalue weighted by molar-refractivity contribution is 0.0997. The van der Waals surface area contributed by atoms with Crippen molar-refractivity contribution >= 4 is 34.1 Å². The minimum absolute atomic E-state index is 0.157. The molecule has 118 valence electrons. The minimum atomic E-state index is -0.400. The van der Waals surface area contributed by atoms with Gasteiger partial charge in [-0.25, -0.2) is 4.39 Å². The van der Waals surface area contributed by atoms with E-state index in [1.165, 1.54) is 23.5 Å². The highest BCUT2D eigenvalue weighted by molar-refractivity contribution is 8.01. The van der Waals surface area contributed by atoms with Gasteiger partial charge in [0.05, 0.1) is 0 Å². The lowest BCUT2D eigenvalue weighted by Crippen LogP contribution is -2.10. The maximum Gasteiger partial charge on any atom is 0.293 e. The zero-order valence-electron chi connectivity index (χ0n) is 12.1. The summed E-state index contributed by atoms with van der Waals surface area (Å²) in [6.07, 6.45) is 0. The number of amides is 1. The van der Waals surface area contributed by atoms with Gasteiger partial charge < -0.3 is 4.42 Å². The number of hydrogen-bond donors (Lipinski definition) is 1. The predicted molar refractivity (Wildman–Crippen MR) is 88.4 cm³/mol. The van der Waals surface area contributed by atoms with Crippen LogP contribution in [0.3, 0.4) is 0 Å². The summed E-state index contributed by atoms with van der Waals surface area (Å²) in [5.41, 5.74) is 0.697. The van der Waals surface area contributed by atoms with Crippen LogP contribution in [0, 0.1) is 5.82 Å². The van der Waals surface area contributed by atoms with Crippen LogP contribution < -0.4 is 5.32 Å². The highest BCUT2D eigenvalue weighted by Crippen LogP contribution is 2.26. The maximum absolute atomic E-state index is 12.9. The number of carbonyl (C=O) groups is 1. The molecule has 23 heavy (non-hydrogen) atoms. The van der Waals surface area contributed by atoms with Gasteiger partial charge in [-0.2, -0.15) is 0 Å². The standard InChI is InChI=1S/C15H12FN3O2S2/c1-2-22-15-19-18-14(23-15)17-13(20)12-8-7-11(21-12)9-3-5-10(16)6-4-9/h3-8H,2H2,1H3,(H,17,18,20). The number of halogens is 1. The van der Waals surface area contributed by atoms with Crippen molar-refractivity contribution < 1.29 is 13.6 Å². The second-order valence-corrected chi connectivity index (χ2v) is 6.92. The summed E-state index contributed by atoms with van der Waals surface area (Å²) < 4.78 is 19.2. The van der Waals surface area contributed by atoms with Crippen molar-refractivity contribution in [2.24, 2.45) is 0 Å². The number of nitrogens with one attached hydrogen (secondary N) is 1. The molecule has 2 aromatic heterocycles. The Hall–Kier alpha value is -2.19. The number of aromatic nitrogens is 2. The highest BCUT2D eigenvalue weighted by atomic mass is 32.2. The Balaban J connectivity index is 1.71. The zero-order valence-corrected chi connectivity index (χ0v) is 13.7. The number of hydrogen-bond acceptors (Lipinski definition) is 6. The van der Waals surface area contributed by atoms with E-state index in [1.807, 2.05) is 6.92 Å². The molecule has 1 aromatic carbocycles. The number of thioether (sulfide) groups is 1. The van der Waals surface area contributed by atoms with Crippen LogP contribution in [0.15, 0.2) is 45.2 Å². The van der Waals surface area contributed by atoms with Gasteiger partial charge in [0.15, 0.2) is 10.1 Å². The van der Waals surface area contributed by atoms with Crippen molar-refractivity contribution in [1.82, 2.24) is 10.2 Å². The Morgan fingerprint density at radius 1 is 1.26 bits per heavy atom. The second kappa shape index (κ2) is 6.93. The van der Waals surface area contributed by atoms with Crippen molar-refractivity contribution in [1.29, 1.82) is 0 Å². The van der Waals surface area contributed by atoms with Gasteiger partial charge in [-0.3, -0.25) is 10.1 Å². The molecule has 0 aliphatic rings. The predicted octanol–water partition coefficient (Wildman–Crippen LogP) is 4.30. The largest absolute Gasteiger partial charge is 0.451 e. The molecule has 0 spiro atoms. The van der Waals surface area contributed by atoms with Crippen LogP contribution in [0.25, 0.3) is 11.3 Å². The lowest BCUT2D eigenvalue weighted by atomic mass is 10.2. The molecule has 2 heterocycles. The Morgan fingerprint density at radius 2 is 2.04 bits per heavy atom. The second-order valence-electron chi connectivity index (χ2n) is 4.43. The number of nitrogens with zero attached hydrogens (tertiary/aromatic N) is 2. The van der Waals surface area contributed by atoms with Crippen LogP contribution in [-0.2, 0) is 0 Å². The molecule has 0 aliphatic carbocycles. The van der Waals surface area contributed by atoms with Crippen molar-refractivity contribution in [2.45, 2.75) is 11.3 Å². The molecule has 1 amide bonds. The van der Waals surface area contributed by atoms with Crippen LogP contribution in [-0.4, -0.2) is 21.9 Å². The van der Waals surface area contributed by atoms with Gasteiger partial charge in [0.25, 0.3) is 5.91 Å². The molecule has 0 saturated carbocycles. The highest BCUT2D eigenvalue weighted by Gasteiger charge is 2.15. The molecule has 0 unspecified atom stereocenters. The first-order valence-electron chi connectivity index (χ1n) is 6.79. The molecule has 0 aliphatic heterocycles. The summed E-state index contributed by atoms with van der Waals surface area (Å²) >= 11 is 2.87. The summed E-state index contributed by atoms with van der Waals surface area (Å²) in [6, 6.07) is 9.10. The molecule has 1 N–H and O–H groups in total. The number of rotatable bonds is 5. The van der Waals surface area contributed by atoms with Gasteiger partial charge in [-0.15, -0.1) is 10.2 Å². The summed E-state index contributed by atoms with van der Waals surface area (Å²) in [7, 11) is 0. The van der Waals surface area contributed by atoms with Crippen LogP contribution in [0.2, 0.25) is 0 Å². The topological polar surface area (TPSA) is 68.0 Å². The van der Waals surface area contributed by atoms with Crippen LogP contribution in [0.1, 0.15) is 17.5 Å². The molecule has 3 aromatic rings. The average molecular weight is 349 g/mol. The average Bonchev–Trinajstić information content (AvgIpc) is 3.18. The smallest absolute Gasteiger partial charge is 0.293 e. The van der Waals surface area contributed by atoms with Crippen molar-refractivity contribution in [3.63, 3.8) is 0 Å². The molecular formula is C15H12FN3O2S2. The molecule has 0 atom stereocenters. The molecule has 5 nitrogen and oxygen atoms in total. The Bertz CT molecular complexity index is 814. The lowest BCUT2D eigenvalue weighted by Gasteiger charge is -1.98. The third-order valence-corrected chi connectivity index (χ3v) is 4.71. The van der Waals surface area contributed by atoms with Crippen LogP contribution in [0.4, 0.5) is 9.52 Å². The quantitative estimate of drug-likeness (QED) is 0.549. The Kier molecular flexibility index (Phi) is 4.73. The van der Waals surface area contributed by atoms with E-state index in [9.17, 15) is 9.18 Å². The summed E-state index contributed by atoms with van der Waals surface area (Å²) in [5.74, 6) is 0.818. The molecule has 0 bridgehead atoms. The number of anilines is 1. The first-order chi connectivity index (χ1) is 11.2. The van der Waals surface area contributed by atoms with Crippen molar-refractivity contribution in [3.8, 4) is 11.3 Å². The molecule has 8 heteroatoms. The van der Waals surface area contributed by atoms with Gasteiger partial charge in [-0.1, -0.05) is 30.0 Å². The van der Waals surface area contributed by atoms with E-state index < -0.39 is 5.91 Å². The van der Waals surface area contributed by atoms with Crippen molar-refractivity contribution in [3.05, 3.63) is 48.0 Å². The Labute approximate surface area is 139 Å². The van der Waals surface area contributed by atoms with E-state index in [0.717, 1.165) is 10.1 Å². The third-order valence-electron chi connectivity index (χ3n) is 2.85. The van der Waals surface area contributed by atoms with Gasteiger partial charge in [-0.05, 0) is 42.2 Å². The molecule has 3 rings (SSSR count). The fraction of sp³-hybridized carbons (Fsp3) is 0.133. The normalized spacial score (nSPS) is 10.7. The third kappa shape index (κ3) is 3.77. The first-order valence-corrected chi connectivity index (χ1v) is 8.59. The fourth-order valence-electron chi connectivity index (χ4n) is 1.83. The van der Waals surface area contributed by atoms with Gasteiger partial charge in [0, 0.05) is 5.56 Å². The summed E-state index contributed by atoms with van der Waals surface area (Å²) in [6.45, 7) is 2.02. The minimum Gasteiger partial charge on any atom is -0.451 e. The van der Waals surface area contributed by atoms with Gasteiger partial charge in [0.2, 0.25) is 5.13 Å². The number of carbonyl (C=O) groups excluding carboxylic acids is 1. The summed E-state index contributed by atoms with van der Waals surface area (Å²) in [5, 5.41) is 10.9. The summed E-state index contributed by atoms with van der Waals surface area (Å²) in [4.78, 5) is 12.1. The molecule has 0 radical (unpaired) electrons. The molecule has 0 fully saturated rings. The molecular weight excluding hydrogens is 337 g/mol. The monoisotopic (exact) mass is 349 g/mol. The molecule has 0 saturated heterocycles. The fourth-order valence-corrected chi connectivity index (χ4v) is 3.47. The Morgan fingerprint density at radius 3 is 2.78 bits per heavy atom. The van der Waals surface area contributed by atoms with E-state index in [-0.39, 0.29) is 11.6 Å². The zero-order chi connectivity index (χ0) is 16.2. The van der Waals surface area contributed by atoms with Crippen LogP contribution in [0.5, 0.6) is 0 Å². The number of furan rings is 1. The first kappa shape index (κ1) is 15.7. The van der Waals surface area contributed by atoms with E-state index in [0.29, 0.717) is 16.5 Å². The SMILES string of the molecule is CCSc1nnc(NC(=O)c2ccc(-c3ccc(F)cc3)o2)s1.